The molecule has 0 amide bonds. The van der Waals surface area contributed by atoms with Crippen molar-refractivity contribution in [3.63, 3.8) is 0 Å². The number of Topliss-reactive ketones (excluding diaryl/α,β-unsaturated/α-hetero) is 1. The average Bonchev–Trinajstić information content (AvgIpc) is 2.12. The lowest BCUT2D eigenvalue weighted by molar-refractivity contribution is 0.0928. The fourth-order valence-electron chi connectivity index (χ4n) is 1.32. The molecule has 0 spiro atoms. The summed E-state index contributed by atoms with van der Waals surface area (Å²) in [6, 6.07) is 2.42. The summed E-state index contributed by atoms with van der Waals surface area (Å²) in [6.45, 7) is 0.289. The summed E-state index contributed by atoms with van der Waals surface area (Å²) in [6.07, 6.45) is 0.185. The minimum absolute atomic E-state index is 0.0359. The Morgan fingerprint density at radius 3 is 3.00 bits per heavy atom. The third-order valence-corrected chi connectivity index (χ3v) is 1.96. The van der Waals surface area contributed by atoms with Gasteiger partial charge in [-0.2, -0.15) is 0 Å². The maximum absolute atomic E-state index is 12.8. The molecule has 68 valence electrons. The number of carbonyl (C=O) groups is 1. The molecule has 0 atom stereocenters. The number of rotatable bonds is 0. The van der Waals surface area contributed by atoms with Crippen molar-refractivity contribution in [3.8, 4) is 11.5 Å². The van der Waals surface area contributed by atoms with Crippen LogP contribution >= 0.6 is 0 Å². The van der Waals surface area contributed by atoms with E-state index < -0.39 is 11.6 Å². The molecule has 4 heteroatoms. The molecule has 0 unspecified atom stereocenters. The molecule has 0 saturated carbocycles. The topological polar surface area (TPSA) is 46.5 Å². The van der Waals surface area contributed by atoms with Gasteiger partial charge >= 0.3 is 0 Å². The number of halogens is 1. The molecule has 0 saturated heterocycles. The highest BCUT2D eigenvalue weighted by atomic mass is 19.1. The third-order valence-electron chi connectivity index (χ3n) is 1.96. The highest BCUT2D eigenvalue weighted by molar-refractivity contribution is 6.02. The second-order valence-corrected chi connectivity index (χ2v) is 2.79. The number of benzene rings is 1. The van der Waals surface area contributed by atoms with Crippen LogP contribution in [0.3, 0.4) is 0 Å². The Hall–Kier alpha value is -1.58. The predicted molar refractivity (Wildman–Crippen MR) is 42.5 cm³/mol. The quantitative estimate of drug-likeness (QED) is 0.661. The van der Waals surface area contributed by atoms with Gasteiger partial charge in [0.15, 0.2) is 17.3 Å². The standard InChI is InChI=1S/C9H7FO3/c10-5-1-2-7-8(9(5)12)6(11)3-4-13-7/h1-2,12H,3-4H2. The van der Waals surface area contributed by atoms with Crippen LogP contribution in [0.2, 0.25) is 0 Å². The van der Waals surface area contributed by atoms with Gasteiger partial charge in [-0.15, -0.1) is 0 Å². The first-order chi connectivity index (χ1) is 6.20. The number of aromatic hydroxyl groups is 1. The van der Waals surface area contributed by atoms with Crippen LogP contribution < -0.4 is 4.74 Å². The highest BCUT2D eigenvalue weighted by Gasteiger charge is 2.24. The molecule has 3 nitrogen and oxygen atoms in total. The molecule has 1 heterocycles. The van der Waals surface area contributed by atoms with Crippen LogP contribution in [-0.2, 0) is 0 Å². The summed E-state index contributed by atoms with van der Waals surface area (Å²) < 4.78 is 17.9. The van der Waals surface area contributed by atoms with Gasteiger partial charge in [0.1, 0.15) is 11.3 Å². The minimum atomic E-state index is -0.794. The van der Waals surface area contributed by atoms with E-state index in [1.807, 2.05) is 0 Å². The Morgan fingerprint density at radius 2 is 2.23 bits per heavy atom. The molecule has 0 aromatic heterocycles. The van der Waals surface area contributed by atoms with Crippen molar-refractivity contribution < 1.29 is 19.0 Å². The molecule has 0 fully saturated rings. The molecule has 1 N–H and O–H groups in total. The number of hydrogen-bond donors (Lipinski definition) is 1. The average molecular weight is 182 g/mol. The van der Waals surface area contributed by atoms with Gasteiger partial charge in [-0.1, -0.05) is 0 Å². The van der Waals surface area contributed by atoms with Gasteiger partial charge in [0.2, 0.25) is 0 Å². The number of phenols is 1. The predicted octanol–water partition coefficient (Wildman–Crippen LogP) is 1.50. The Morgan fingerprint density at radius 1 is 1.46 bits per heavy atom. The number of carbonyl (C=O) groups excluding carboxylic acids is 1. The van der Waals surface area contributed by atoms with Gasteiger partial charge in [-0.25, -0.2) is 4.39 Å². The second-order valence-electron chi connectivity index (χ2n) is 2.79. The normalized spacial score (nSPS) is 15.0. The largest absolute Gasteiger partial charge is 0.504 e. The molecule has 0 aliphatic carbocycles. The van der Waals surface area contributed by atoms with Gasteiger partial charge in [0, 0.05) is 6.42 Å². The van der Waals surface area contributed by atoms with Crippen LogP contribution in [0.25, 0.3) is 0 Å². The van der Waals surface area contributed by atoms with Crippen molar-refractivity contribution in [2.45, 2.75) is 6.42 Å². The summed E-state index contributed by atoms with van der Waals surface area (Å²) in [4.78, 5) is 11.3. The van der Waals surface area contributed by atoms with Crippen molar-refractivity contribution in [3.05, 3.63) is 23.5 Å². The maximum atomic E-state index is 12.8. The van der Waals surface area contributed by atoms with Gasteiger partial charge in [0.05, 0.1) is 6.61 Å². The van der Waals surface area contributed by atoms with Crippen molar-refractivity contribution in [2.75, 3.05) is 6.61 Å². The van der Waals surface area contributed by atoms with E-state index in [0.717, 1.165) is 6.07 Å². The molecule has 0 bridgehead atoms. The number of phenolic OH excluding ortho intramolecular Hbond substituents is 1. The van der Waals surface area contributed by atoms with E-state index in [1.54, 1.807) is 0 Å². The first kappa shape index (κ1) is 8.04. The van der Waals surface area contributed by atoms with E-state index in [4.69, 9.17) is 4.74 Å². The first-order valence-electron chi connectivity index (χ1n) is 3.87. The summed E-state index contributed by atoms with van der Waals surface area (Å²) >= 11 is 0. The Balaban J connectivity index is 2.65. The van der Waals surface area contributed by atoms with Crippen LogP contribution in [0.4, 0.5) is 4.39 Å². The summed E-state index contributed by atoms with van der Waals surface area (Å²) in [5, 5.41) is 9.24. The Bertz CT molecular complexity index is 373. The SMILES string of the molecule is O=C1CCOc2ccc(F)c(O)c21. The van der Waals surface area contributed by atoms with E-state index in [2.05, 4.69) is 0 Å². The van der Waals surface area contributed by atoms with Gasteiger partial charge < -0.3 is 9.84 Å². The Kier molecular flexibility index (Phi) is 1.69. The maximum Gasteiger partial charge on any atom is 0.173 e. The van der Waals surface area contributed by atoms with E-state index in [0.29, 0.717) is 0 Å². The zero-order valence-electron chi connectivity index (χ0n) is 6.71. The van der Waals surface area contributed by atoms with Crippen LogP contribution in [-0.4, -0.2) is 17.5 Å². The van der Waals surface area contributed by atoms with Crippen molar-refractivity contribution in [1.82, 2.24) is 0 Å². The first-order valence-corrected chi connectivity index (χ1v) is 3.87. The monoisotopic (exact) mass is 182 g/mol. The molecular formula is C9H7FO3. The molecule has 2 rings (SSSR count). The minimum Gasteiger partial charge on any atom is -0.504 e. The summed E-state index contributed by atoms with van der Waals surface area (Å²) in [5.74, 6) is -1.42. The molecule has 1 aromatic carbocycles. The third kappa shape index (κ3) is 1.14. The van der Waals surface area contributed by atoms with Crippen molar-refractivity contribution in [2.24, 2.45) is 0 Å². The van der Waals surface area contributed by atoms with Crippen LogP contribution in [0, 0.1) is 5.82 Å². The molecule has 1 aromatic rings. The van der Waals surface area contributed by atoms with Crippen LogP contribution in [0.1, 0.15) is 16.8 Å². The molecular weight excluding hydrogens is 175 g/mol. The van der Waals surface area contributed by atoms with Gasteiger partial charge in [-0.05, 0) is 12.1 Å². The van der Waals surface area contributed by atoms with Crippen molar-refractivity contribution in [1.29, 1.82) is 0 Å². The smallest absolute Gasteiger partial charge is 0.173 e. The molecule has 13 heavy (non-hydrogen) atoms. The number of hydrogen-bond acceptors (Lipinski definition) is 3. The lowest BCUT2D eigenvalue weighted by Crippen LogP contribution is -2.15. The van der Waals surface area contributed by atoms with Gasteiger partial charge in [-0.3, -0.25) is 4.79 Å². The lowest BCUT2D eigenvalue weighted by Gasteiger charge is -2.16. The summed E-state index contributed by atoms with van der Waals surface area (Å²) in [5.41, 5.74) is -0.0359. The van der Waals surface area contributed by atoms with Gasteiger partial charge in [0.25, 0.3) is 0 Å². The molecule has 1 aliphatic rings. The van der Waals surface area contributed by atoms with Crippen molar-refractivity contribution >= 4 is 5.78 Å². The Labute approximate surface area is 73.8 Å². The number of fused-ring (bicyclic) bond motifs is 1. The second kappa shape index (κ2) is 2.73. The van der Waals surface area contributed by atoms with Crippen LogP contribution in [0.15, 0.2) is 12.1 Å². The fourth-order valence-corrected chi connectivity index (χ4v) is 1.32. The van der Waals surface area contributed by atoms with E-state index >= 15 is 0 Å². The molecule has 0 radical (unpaired) electrons. The fraction of sp³-hybridized carbons (Fsp3) is 0.222. The number of ether oxygens (including phenoxy) is 1. The van der Waals surface area contributed by atoms with E-state index in [-0.39, 0.29) is 30.1 Å². The number of ketones is 1. The molecule has 1 aliphatic heterocycles. The highest BCUT2D eigenvalue weighted by Crippen LogP contribution is 2.33. The van der Waals surface area contributed by atoms with E-state index in [1.165, 1.54) is 6.07 Å². The van der Waals surface area contributed by atoms with E-state index in [9.17, 15) is 14.3 Å². The zero-order valence-corrected chi connectivity index (χ0v) is 6.71. The van der Waals surface area contributed by atoms with Crippen LogP contribution in [0.5, 0.6) is 11.5 Å². The lowest BCUT2D eigenvalue weighted by atomic mass is 10.0. The zero-order chi connectivity index (χ0) is 9.42. The summed E-state index contributed by atoms with van der Waals surface area (Å²) in [7, 11) is 0.